The molecule has 1 N–H and O–H groups in total. The summed E-state index contributed by atoms with van der Waals surface area (Å²) < 4.78 is 7.47. The van der Waals surface area contributed by atoms with Gasteiger partial charge in [-0.05, 0) is 37.6 Å². The molecule has 3 heterocycles. The maximum absolute atomic E-state index is 13.4. The number of carbonyl (C=O) groups excluding carboxylic acids is 1. The number of hydrogen-bond acceptors (Lipinski definition) is 4. The van der Waals surface area contributed by atoms with Gasteiger partial charge in [0.05, 0.1) is 19.7 Å². The van der Waals surface area contributed by atoms with E-state index >= 15 is 0 Å². The van der Waals surface area contributed by atoms with Gasteiger partial charge in [-0.3, -0.25) is 4.79 Å². The first-order valence-electron chi connectivity index (χ1n) is 10.0. The lowest BCUT2D eigenvalue weighted by molar-refractivity contribution is 0.0676. The Bertz CT molecular complexity index is 1240. The highest BCUT2D eigenvalue weighted by atomic mass is 16.5. The van der Waals surface area contributed by atoms with Gasteiger partial charge < -0.3 is 19.2 Å². The van der Waals surface area contributed by atoms with Crippen LogP contribution in [0.1, 0.15) is 34.8 Å². The van der Waals surface area contributed by atoms with Crippen molar-refractivity contribution in [3.8, 4) is 17.1 Å². The Morgan fingerprint density at radius 2 is 1.97 bits per heavy atom. The first-order chi connectivity index (χ1) is 14.6. The zero-order valence-electron chi connectivity index (χ0n) is 17.2. The summed E-state index contributed by atoms with van der Waals surface area (Å²) >= 11 is 0. The van der Waals surface area contributed by atoms with E-state index < -0.39 is 0 Å². The van der Waals surface area contributed by atoms with Gasteiger partial charge in [0, 0.05) is 23.0 Å². The van der Waals surface area contributed by atoms with E-state index in [2.05, 4.69) is 26.7 Å². The largest absolute Gasteiger partial charge is 0.497 e. The Hall–Kier alpha value is -3.61. The zero-order chi connectivity index (χ0) is 20.8. The minimum absolute atomic E-state index is 0.0231. The average Bonchev–Trinajstić information content (AvgIpc) is 3.35. The van der Waals surface area contributed by atoms with Crippen molar-refractivity contribution in [1.82, 2.24) is 24.6 Å². The van der Waals surface area contributed by atoms with Crippen LogP contribution in [-0.4, -0.2) is 44.2 Å². The Kier molecular flexibility index (Phi) is 4.31. The molecule has 152 valence electrons. The molecular formula is C23H23N5O2. The number of aromatic amines is 1. The van der Waals surface area contributed by atoms with E-state index in [0.29, 0.717) is 18.8 Å². The van der Waals surface area contributed by atoms with Crippen LogP contribution in [0.5, 0.6) is 5.75 Å². The summed E-state index contributed by atoms with van der Waals surface area (Å²) in [6.07, 6.45) is 0. The quantitative estimate of drug-likeness (QED) is 0.564. The van der Waals surface area contributed by atoms with E-state index in [4.69, 9.17) is 4.74 Å². The number of ether oxygens (including phenoxy) is 1. The lowest BCUT2D eigenvalue weighted by Gasteiger charge is -2.32. The normalized spacial score (nSPS) is 16.0. The summed E-state index contributed by atoms with van der Waals surface area (Å²) in [6, 6.07) is 15.9. The second-order valence-electron chi connectivity index (χ2n) is 7.75. The Labute approximate surface area is 174 Å². The van der Waals surface area contributed by atoms with Crippen LogP contribution >= 0.6 is 0 Å². The lowest BCUT2D eigenvalue weighted by atomic mass is 10.1. The molecule has 1 aliphatic rings. The molecule has 2 aromatic heterocycles. The summed E-state index contributed by atoms with van der Waals surface area (Å²) in [6.45, 7) is 5.10. The third-order valence-corrected chi connectivity index (χ3v) is 5.82. The van der Waals surface area contributed by atoms with Crippen molar-refractivity contribution in [2.24, 2.45) is 0 Å². The smallest absolute Gasteiger partial charge is 0.271 e. The molecule has 7 heteroatoms. The average molecular weight is 401 g/mol. The summed E-state index contributed by atoms with van der Waals surface area (Å²) in [4.78, 5) is 18.5. The van der Waals surface area contributed by atoms with Gasteiger partial charge in [-0.25, -0.2) is 0 Å². The minimum Gasteiger partial charge on any atom is -0.497 e. The fraction of sp³-hybridized carbons (Fsp3) is 0.261. The number of amides is 1. The third kappa shape index (κ3) is 2.85. The van der Waals surface area contributed by atoms with Gasteiger partial charge in [0.1, 0.15) is 11.4 Å². The number of benzene rings is 2. The highest BCUT2D eigenvalue weighted by Crippen LogP contribution is 2.30. The third-order valence-electron chi connectivity index (χ3n) is 5.82. The maximum Gasteiger partial charge on any atom is 0.271 e. The number of nitrogens with one attached hydrogen (secondary N) is 1. The molecule has 0 spiro atoms. The first kappa shape index (κ1) is 18.4. The standard InChI is InChI=1S/C23H23N5O2/c1-14-12-27(13-20-25-26-22(28(14)20)16-7-5-4-6-8-16)23(29)21-15(2)18-11-17(30-3)9-10-19(18)24-21/h4-11,14,24H,12-13H2,1-3H3/t14-/m0/s1. The molecule has 1 aliphatic heterocycles. The van der Waals surface area contributed by atoms with Crippen LogP contribution in [-0.2, 0) is 6.54 Å². The molecule has 0 bridgehead atoms. The van der Waals surface area contributed by atoms with Crippen molar-refractivity contribution >= 4 is 16.8 Å². The van der Waals surface area contributed by atoms with Crippen molar-refractivity contribution in [2.45, 2.75) is 26.4 Å². The van der Waals surface area contributed by atoms with Crippen LogP contribution in [0.4, 0.5) is 0 Å². The minimum atomic E-state index is -0.0231. The van der Waals surface area contributed by atoms with Gasteiger partial charge in [-0.15, -0.1) is 10.2 Å². The Morgan fingerprint density at radius 3 is 2.73 bits per heavy atom. The van der Waals surface area contributed by atoms with Crippen LogP contribution in [0.2, 0.25) is 0 Å². The first-order valence-corrected chi connectivity index (χ1v) is 10.0. The van der Waals surface area contributed by atoms with Crippen LogP contribution in [0.15, 0.2) is 48.5 Å². The van der Waals surface area contributed by atoms with Crippen molar-refractivity contribution in [3.05, 3.63) is 65.6 Å². The van der Waals surface area contributed by atoms with E-state index in [1.165, 1.54) is 0 Å². The highest BCUT2D eigenvalue weighted by Gasteiger charge is 2.31. The van der Waals surface area contributed by atoms with E-state index in [1.807, 2.05) is 60.4 Å². The van der Waals surface area contributed by atoms with E-state index in [1.54, 1.807) is 7.11 Å². The molecule has 30 heavy (non-hydrogen) atoms. The molecular weight excluding hydrogens is 378 g/mol. The topological polar surface area (TPSA) is 76.0 Å². The molecule has 0 unspecified atom stereocenters. The van der Waals surface area contributed by atoms with Crippen molar-refractivity contribution in [2.75, 3.05) is 13.7 Å². The number of rotatable bonds is 3. The molecule has 0 fully saturated rings. The lowest BCUT2D eigenvalue weighted by Crippen LogP contribution is -2.40. The van der Waals surface area contributed by atoms with Crippen molar-refractivity contribution in [3.63, 3.8) is 0 Å². The fourth-order valence-corrected chi connectivity index (χ4v) is 4.27. The number of carbonyl (C=O) groups is 1. The van der Waals surface area contributed by atoms with Crippen LogP contribution < -0.4 is 4.74 Å². The molecule has 4 aromatic rings. The monoisotopic (exact) mass is 401 g/mol. The number of aryl methyl sites for hydroxylation is 1. The van der Waals surface area contributed by atoms with Crippen LogP contribution in [0.25, 0.3) is 22.3 Å². The number of H-pyrrole nitrogens is 1. The zero-order valence-corrected chi connectivity index (χ0v) is 17.2. The number of nitrogens with zero attached hydrogens (tertiary/aromatic N) is 4. The second-order valence-corrected chi connectivity index (χ2v) is 7.75. The highest BCUT2D eigenvalue weighted by molar-refractivity contribution is 6.01. The number of fused-ring (bicyclic) bond motifs is 2. The van der Waals surface area contributed by atoms with Gasteiger partial charge in [-0.2, -0.15) is 0 Å². The van der Waals surface area contributed by atoms with Crippen LogP contribution in [0.3, 0.4) is 0 Å². The molecule has 0 saturated carbocycles. The van der Waals surface area contributed by atoms with Crippen molar-refractivity contribution < 1.29 is 9.53 Å². The van der Waals surface area contributed by atoms with Gasteiger partial charge in [0.15, 0.2) is 11.6 Å². The Balaban J connectivity index is 1.47. The summed E-state index contributed by atoms with van der Waals surface area (Å²) in [5.41, 5.74) is 3.50. The van der Waals surface area contributed by atoms with E-state index in [-0.39, 0.29) is 11.9 Å². The van der Waals surface area contributed by atoms with Gasteiger partial charge in [0.25, 0.3) is 5.91 Å². The molecule has 7 nitrogen and oxygen atoms in total. The number of hydrogen-bond donors (Lipinski definition) is 1. The Morgan fingerprint density at radius 1 is 1.17 bits per heavy atom. The van der Waals surface area contributed by atoms with Crippen molar-refractivity contribution in [1.29, 1.82) is 0 Å². The fourth-order valence-electron chi connectivity index (χ4n) is 4.27. The second kappa shape index (κ2) is 7.02. The van der Waals surface area contributed by atoms with Gasteiger partial charge in [0.2, 0.25) is 0 Å². The molecule has 0 aliphatic carbocycles. The molecule has 1 atom stereocenters. The molecule has 2 aromatic carbocycles. The molecule has 0 radical (unpaired) electrons. The summed E-state index contributed by atoms with van der Waals surface area (Å²) in [5.74, 6) is 2.40. The number of aromatic nitrogens is 4. The van der Waals surface area contributed by atoms with Crippen LogP contribution in [0, 0.1) is 6.92 Å². The van der Waals surface area contributed by atoms with E-state index in [0.717, 1.165) is 39.4 Å². The number of methoxy groups -OCH3 is 1. The molecule has 1 amide bonds. The summed E-state index contributed by atoms with van der Waals surface area (Å²) in [7, 11) is 1.64. The summed E-state index contributed by atoms with van der Waals surface area (Å²) in [5, 5.41) is 9.80. The maximum atomic E-state index is 13.4. The van der Waals surface area contributed by atoms with E-state index in [9.17, 15) is 4.79 Å². The van der Waals surface area contributed by atoms with Gasteiger partial charge >= 0.3 is 0 Å². The predicted molar refractivity (Wildman–Crippen MR) is 114 cm³/mol. The van der Waals surface area contributed by atoms with Gasteiger partial charge in [-0.1, -0.05) is 30.3 Å². The predicted octanol–water partition coefficient (Wildman–Crippen LogP) is 3.96. The molecule has 5 rings (SSSR count). The molecule has 0 saturated heterocycles. The SMILES string of the molecule is COc1ccc2[nH]c(C(=O)N3Cc4nnc(-c5ccccc5)n4[C@@H](C)C3)c(C)c2c1.